The van der Waals surface area contributed by atoms with Crippen LogP contribution < -0.4 is 0 Å². The Labute approximate surface area is 82.3 Å². The van der Waals surface area contributed by atoms with Gasteiger partial charge in [-0.2, -0.15) is 0 Å². The Morgan fingerprint density at radius 2 is 1.77 bits per heavy atom. The van der Waals surface area contributed by atoms with Crippen LogP contribution in [-0.2, 0) is 4.74 Å². The molecule has 0 aliphatic rings. The summed E-state index contributed by atoms with van der Waals surface area (Å²) in [7, 11) is 1.69. The highest BCUT2D eigenvalue weighted by atomic mass is 16.5. The average Bonchev–Trinajstić information content (AvgIpc) is 2.03. The maximum Gasteiger partial charge on any atom is 0.0567 e. The van der Waals surface area contributed by atoms with E-state index < -0.39 is 0 Å². The van der Waals surface area contributed by atoms with E-state index in [-0.39, 0.29) is 12.2 Å². The predicted octanol–water partition coefficient (Wildman–Crippen LogP) is 2.60. The normalized spacial score (nSPS) is 16.2. The van der Waals surface area contributed by atoms with E-state index in [2.05, 4.69) is 13.8 Å². The standard InChI is InChI=1S/C11H24O2/c1-9(2)6-5-7-11(12)8-10(3)13-4/h9-12H,5-8H2,1-4H3. The van der Waals surface area contributed by atoms with Crippen molar-refractivity contribution in [3.63, 3.8) is 0 Å². The van der Waals surface area contributed by atoms with Gasteiger partial charge in [0.25, 0.3) is 0 Å². The fraction of sp³-hybridized carbons (Fsp3) is 1.00. The molecule has 2 nitrogen and oxygen atoms in total. The molecule has 0 saturated carbocycles. The van der Waals surface area contributed by atoms with Gasteiger partial charge in [0, 0.05) is 7.11 Å². The Bertz CT molecular complexity index is 113. The second-order valence-electron chi connectivity index (χ2n) is 4.26. The van der Waals surface area contributed by atoms with Crippen LogP contribution in [0.2, 0.25) is 0 Å². The van der Waals surface area contributed by atoms with Crippen molar-refractivity contribution >= 4 is 0 Å². The van der Waals surface area contributed by atoms with Gasteiger partial charge < -0.3 is 9.84 Å². The number of ether oxygens (including phenoxy) is 1. The molecule has 13 heavy (non-hydrogen) atoms. The Kier molecular flexibility index (Phi) is 7.29. The van der Waals surface area contributed by atoms with Crippen molar-refractivity contribution in [1.29, 1.82) is 0 Å². The molecule has 0 aliphatic heterocycles. The highest BCUT2D eigenvalue weighted by molar-refractivity contribution is 4.61. The molecule has 0 aromatic rings. The van der Waals surface area contributed by atoms with Crippen LogP contribution in [0.1, 0.15) is 46.5 Å². The molecule has 0 spiro atoms. The van der Waals surface area contributed by atoms with Crippen molar-refractivity contribution in [1.82, 2.24) is 0 Å². The van der Waals surface area contributed by atoms with E-state index in [4.69, 9.17) is 4.74 Å². The lowest BCUT2D eigenvalue weighted by Crippen LogP contribution is -2.16. The maximum atomic E-state index is 9.58. The van der Waals surface area contributed by atoms with Crippen LogP contribution >= 0.6 is 0 Å². The van der Waals surface area contributed by atoms with Crippen molar-refractivity contribution < 1.29 is 9.84 Å². The summed E-state index contributed by atoms with van der Waals surface area (Å²) in [6.45, 7) is 6.42. The van der Waals surface area contributed by atoms with Crippen LogP contribution in [0.3, 0.4) is 0 Å². The second kappa shape index (κ2) is 7.34. The monoisotopic (exact) mass is 188 g/mol. The summed E-state index contributed by atoms with van der Waals surface area (Å²) >= 11 is 0. The van der Waals surface area contributed by atoms with Crippen molar-refractivity contribution in [2.24, 2.45) is 5.92 Å². The lowest BCUT2D eigenvalue weighted by atomic mass is 10.0. The van der Waals surface area contributed by atoms with E-state index in [1.165, 1.54) is 6.42 Å². The first kappa shape index (κ1) is 12.9. The number of methoxy groups -OCH3 is 1. The molecule has 0 heterocycles. The molecule has 0 aromatic carbocycles. The molecule has 0 aromatic heterocycles. The van der Waals surface area contributed by atoms with Gasteiger partial charge in [-0.3, -0.25) is 0 Å². The lowest BCUT2D eigenvalue weighted by molar-refractivity contribution is 0.0515. The first-order valence-electron chi connectivity index (χ1n) is 5.27. The highest BCUT2D eigenvalue weighted by Gasteiger charge is 2.09. The van der Waals surface area contributed by atoms with Gasteiger partial charge in [-0.25, -0.2) is 0 Å². The van der Waals surface area contributed by atoms with Gasteiger partial charge in [0.2, 0.25) is 0 Å². The Hall–Kier alpha value is -0.0800. The van der Waals surface area contributed by atoms with Crippen LogP contribution in [0.5, 0.6) is 0 Å². The molecule has 0 saturated heterocycles. The summed E-state index contributed by atoms with van der Waals surface area (Å²) in [5, 5.41) is 9.58. The Balaban J connectivity index is 3.34. The first-order valence-corrected chi connectivity index (χ1v) is 5.27. The zero-order chi connectivity index (χ0) is 10.3. The van der Waals surface area contributed by atoms with Gasteiger partial charge in [0.1, 0.15) is 0 Å². The average molecular weight is 188 g/mol. The lowest BCUT2D eigenvalue weighted by Gasteiger charge is -2.15. The summed E-state index contributed by atoms with van der Waals surface area (Å²) < 4.78 is 5.09. The third-order valence-corrected chi connectivity index (χ3v) is 2.33. The number of hydrogen-bond donors (Lipinski definition) is 1. The molecular weight excluding hydrogens is 164 g/mol. The minimum Gasteiger partial charge on any atom is -0.393 e. The molecular formula is C11H24O2. The van der Waals surface area contributed by atoms with E-state index in [9.17, 15) is 5.11 Å². The van der Waals surface area contributed by atoms with Gasteiger partial charge in [-0.05, 0) is 25.7 Å². The van der Waals surface area contributed by atoms with Crippen LogP contribution in [0.4, 0.5) is 0 Å². The summed E-state index contributed by atoms with van der Waals surface area (Å²) in [4.78, 5) is 0. The molecule has 0 bridgehead atoms. The molecule has 80 valence electrons. The molecule has 1 N–H and O–H groups in total. The fourth-order valence-electron chi connectivity index (χ4n) is 1.36. The van der Waals surface area contributed by atoms with Gasteiger partial charge in [0.15, 0.2) is 0 Å². The third kappa shape index (κ3) is 8.26. The minimum absolute atomic E-state index is 0.175. The van der Waals surface area contributed by atoms with Crippen molar-refractivity contribution in [2.75, 3.05) is 7.11 Å². The van der Waals surface area contributed by atoms with E-state index in [0.29, 0.717) is 0 Å². The van der Waals surface area contributed by atoms with Crippen LogP contribution in [0.25, 0.3) is 0 Å². The third-order valence-electron chi connectivity index (χ3n) is 2.33. The van der Waals surface area contributed by atoms with Gasteiger partial charge >= 0.3 is 0 Å². The number of aliphatic hydroxyl groups is 1. The molecule has 0 rings (SSSR count). The largest absolute Gasteiger partial charge is 0.393 e. The van der Waals surface area contributed by atoms with Crippen LogP contribution in [0.15, 0.2) is 0 Å². The van der Waals surface area contributed by atoms with Gasteiger partial charge in [0.05, 0.1) is 12.2 Å². The van der Waals surface area contributed by atoms with Crippen molar-refractivity contribution in [2.45, 2.75) is 58.7 Å². The SMILES string of the molecule is COC(C)CC(O)CCCC(C)C. The van der Waals surface area contributed by atoms with E-state index in [1.54, 1.807) is 7.11 Å². The van der Waals surface area contributed by atoms with E-state index in [0.717, 1.165) is 25.2 Å². The topological polar surface area (TPSA) is 29.5 Å². The number of rotatable bonds is 7. The fourth-order valence-corrected chi connectivity index (χ4v) is 1.36. The second-order valence-corrected chi connectivity index (χ2v) is 4.26. The Morgan fingerprint density at radius 1 is 1.15 bits per heavy atom. The maximum absolute atomic E-state index is 9.58. The van der Waals surface area contributed by atoms with Gasteiger partial charge in [-0.15, -0.1) is 0 Å². The molecule has 0 amide bonds. The van der Waals surface area contributed by atoms with Crippen molar-refractivity contribution in [3.05, 3.63) is 0 Å². The highest BCUT2D eigenvalue weighted by Crippen LogP contribution is 2.12. The summed E-state index contributed by atoms with van der Waals surface area (Å²) in [5.41, 5.74) is 0. The van der Waals surface area contributed by atoms with Crippen molar-refractivity contribution in [3.8, 4) is 0 Å². The van der Waals surface area contributed by atoms with Crippen LogP contribution in [0, 0.1) is 5.92 Å². The summed E-state index contributed by atoms with van der Waals surface area (Å²) in [5.74, 6) is 0.743. The zero-order valence-corrected chi connectivity index (χ0v) is 9.42. The smallest absolute Gasteiger partial charge is 0.0567 e. The van der Waals surface area contributed by atoms with E-state index in [1.807, 2.05) is 6.92 Å². The minimum atomic E-state index is -0.186. The Morgan fingerprint density at radius 3 is 2.23 bits per heavy atom. The van der Waals surface area contributed by atoms with Gasteiger partial charge in [-0.1, -0.05) is 26.7 Å². The predicted molar refractivity (Wildman–Crippen MR) is 55.8 cm³/mol. The summed E-state index contributed by atoms with van der Waals surface area (Å²) in [6.07, 6.45) is 3.98. The molecule has 2 unspecified atom stereocenters. The molecule has 0 radical (unpaired) electrons. The molecule has 2 heteroatoms. The number of aliphatic hydroxyl groups excluding tert-OH is 1. The summed E-state index contributed by atoms with van der Waals surface area (Å²) in [6, 6.07) is 0. The zero-order valence-electron chi connectivity index (χ0n) is 9.42. The molecule has 0 fully saturated rings. The van der Waals surface area contributed by atoms with E-state index >= 15 is 0 Å². The first-order chi connectivity index (χ1) is 6.06. The molecule has 2 atom stereocenters. The van der Waals surface area contributed by atoms with Crippen LogP contribution in [-0.4, -0.2) is 24.4 Å². The number of hydrogen-bond acceptors (Lipinski definition) is 2. The quantitative estimate of drug-likeness (QED) is 0.665. The molecule has 0 aliphatic carbocycles.